The Labute approximate surface area is 149 Å². The molecule has 0 saturated carbocycles. The van der Waals surface area contributed by atoms with Gasteiger partial charge in [-0.3, -0.25) is 14.5 Å². The minimum atomic E-state index is -0.138. The van der Waals surface area contributed by atoms with Gasteiger partial charge in [0.05, 0.1) is 11.4 Å². The molecule has 126 valence electrons. The van der Waals surface area contributed by atoms with Crippen LogP contribution in [0.2, 0.25) is 0 Å². The van der Waals surface area contributed by atoms with Crippen molar-refractivity contribution in [3.05, 3.63) is 65.4 Å². The number of hydrogen-bond acceptors (Lipinski definition) is 5. The van der Waals surface area contributed by atoms with E-state index in [1.807, 2.05) is 18.2 Å². The predicted molar refractivity (Wildman–Crippen MR) is 98.1 cm³/mol. The maximum absolute atomic E-state index is 12.6. The molecule has 7 heteroatoms. The van der Waals surface area contributed by atoms with Gasteiger partial charge in [0.25, 0.3) is 0 Å². The summed E-state index contributed by atoms with van der Waals surface area (Å²) in [6, 6.07) is 9.09. The third-order valence-electron chi connectivity index (χ3n) is 3.60. The van der Waals surface area contributed by atoms with Gasteiger partial charge in [-0.25, -0.2) is 9.67 Å². The zero-order valence-corrected chi connectivity index (χ0v) is 14.6. The first kappa shape index (κ1) is 16.8. The lowest BCUT2D eigenvalue weighted by Crippen LogP contribution is -2.22. The minimum absolute atomic E-state index is 0.0888. The molecule has 0 atom stereocenters. The fourth-order valence-electron chi connectivity index (χ4n) is 2.19. The second-order valence-electron chi connectivity index (χ2n) is 5.30. The number of benzene rings is 1. The summed E-state index contributed by atoms with van der Waals surface area (Å²) in [5, 5.41) is 6.58. The quantitative estimate of drug-likeness (QED) is 0.522. The summed E-state index contributed by atoms with van der Waals surface area (Å²) >= 11 is 1.35. The summed E-state index contributed by atoms with van der Waals surface area (Å²) in [4.78, 5) is 29.7. The van der Waals surface area contributed by atoms with Crippen LogP contribution < -0.4 is 4.90 Å². The Bertz CT molecular complexity index is 928. The molecule has 0 N–H and O–H groups in total. The molecule has 2 aromatic heterocycles. The molecule has 0 radical (unpaired) electrons. The molecule has 1 amide bonds. The number of anilines is 1. The van der Waals surface area contributed by atoms with E-state index in [1.54, 1.807) is 47.7 Å². The largest absolute Gasteiger partial charge is 0.291 e. The average molecular weight is 352 g/mol. The maximum Gasteiger partial charge on any atom is 0.225 e. The van der Waals surface area contributed by atoms with Gasteiger partial charge in [0.15, 0.2) is 10.9 Å². The Hall–Kier alpha value is -3.06. The first-order valence-electron chi connectivity index (χ1n) is 7.57. The normalized spacial score (nSPS) is 11.0. The van der Waals surface area contributed by atoms with Crippen LogP contribution in [-0.2, 0) is 4.79 Å². The topological polar surface area (TPSA) is 68.1 Å². The van der Waals surface area contributed by atoms with Crippen molar-refractivity contribution < 1.29 is 9.59 Å². The van der Waals surface area contributed by atoms with E-state index in [4.69, 9.17) is 0 Å². The Balaban J connectivity index is 1.82. The molecule has 0 aliphatic heterocycles. The van der Waals surface area contributed by atoms with Crippen LogP contribution in [-0.4, -0.2) is 33.5 Å². The molecule has 0 aliphatic carbocycles. The Kier molecular flexibility index (Phi) is 4.85. The van der Waals surface area contributed by atoms with E-state index in [0.717, 1.165) is 5.69 Å². The van der Waals surface area contributed by atoms with Gasteiger partial charge >= 0.3 is 0 Å². The number of ketones is 1. The maximum atomic E-state index is 12.6. The second kappa shape index (κ2) is 7.23. The van der Waals surface area contributed by atoms with Crippen molar-refractivity contribution in [1.29, 1.82) is 0 Å². The summed E-state index contributed by atoms with van der Waals surface area (Å²) < 4.78 is 1.66. The van der Waals surface area contributed by atoms with E-state index in [9.17, 15) is 9.59 Å². The standard InChI is InChI=1S/C18H16N4O2S/c1-13(23)21(2)18-20-14(12-25-18)8-9-17(24)15-6-3-4-7-16(15)22-11-5-10-19-22/h3-12H,1-2H3/b9-8+. The minimum Gasteiger partial charge on any atom is -0.291 e. The fourth-order valence-corrected chi connectivity index (χ4v) is 2.99. The molecular weight excluding hydrogens is 336 g/mol. The summed E-state index contributed by atoms with van der Waals surface area (Å²) in [7, 11) is 1.67. The number of aromatic nitrogens is 3. The molecule has 6 nitrogen and oxygen atoms in total. The Morgan fingerprint density at radius 1 is 1.24 bits per heavy atom. The Morgan fingerprint density at radius 3 is 2.76 bits per heavy atom. The van der Waals surface area contributed by atoms with Gasteiger partial charge < -0.3 is 0 Å². The van der Waals surface area contributed by atoms with Crippen LogP contribution in [0.25, 0.3) is 11.8 Å². The molecule has 3 aromatic rings. The summed E-state index contributed by atoms with van der Waals surface area (Å²) in [5.41, 5.74) is 1.91. The van der Waals surface area contributed by atoms with Crippen LogP contribution in [0.15, 0.2) is 54.2 Å². The van der Waals surface area contributed by atoms with Crippen molar-refractivity contribution in [3.63, 3.8) is 0 Å². The summed E-state index contributed by atoms with van der Waals surface area (Å²) in [5.74, 6) is -0.227. The average Bonchev–Trinajstić information content (AvgIpc) is 3.30. The van der Waals surface area contributed by atoms with Crippen LogP contribution in [0.3, 0.4) is 0 Å². The van der Waals surface area contributed by atoms with Gasteiger partial charge in [0.2, 0.25) is 5.91 Å². The highest BCUT2D eigenvalue weighted by Crippen LogP contribution is 2.21. The Morgan fingerprint density at radius 2 is 2.04 bits per heavy atom. The number of para-hydroxylation sites is 1. The molecule has 0 aliphatic rings. The second-order valence-corrected chi connectivity index (χ2v) is 6.13. The molecule has 3 rings (SSSR count). The molecule has 0 bridgehead atoms. The van der Waals surface area contributed by atoms with Crippen LogP contribution in [0.1, 0.15) is 23.0 Å². The molecule has 2 heterocycles. The molecule has 0 fully saturated rings. The predicted octanol–water partition coefficient (Wildman–Crippen LogP) is 3.21. The van der Waals surface area contributed by atoms with Gasteiger partial charge in [-0.15, -0.1) is 11.3 Å². The number of amides is 1. The number of rotatable bonds is 5. The highest BCUT2D eigenvalue weighted by molar-refractivity contribution is 7.14. The number of hydrogen-bond donors (Lipinski definition) is 0. The molecular formula is C18H16N4O2S. The van der Waals surface area contributed by atoms with E-state index in [1.165, 1.54) is 29.2 Å². The highest BCUT2D eigenvalue weighted by Gasteiger charge is 2.12. The van der Waals surface area contributed by atoms with Crippen molar-refractivity contribution >= 4 is 34.2 Å². The number of allylic oxidation sites excluding steroid dienone is 1. The molecule has 0 unspecified atom stereocenters. The zero-order chi connectivity index (χ0) is 17.8. The monoisotopic (exact) mass is 352 g/mol. The molecule has 0 spiro atoms. The van der Waals surface area contributed by atoms with Crippen molar-refractivity contribution in [2.24, 2.45) is 0 Å². The molecule has 1 aromatic carbocycles. The SMILES string of the molecule is CC(=O)N(C)c1nc(/C=C/C(=O)c2ccccc2-n2cccn2)cs1. The smallest absolute Gasteiger partial charge is 0.225 e. The molecule has 25 heavy (non-hydrogen) atoms. The van der Waals surface area contributed by atoms with E-state index in [2.05, 4.69) is 10.1 Å². The van der Waals surface area contributed by atoms with Gasteiger partial charge in [-0.2, -0.15) is 5.10 Å². The third-order valence-corrected chi connectivity index (χ3v) is 4.53. The zero-order valence-electron chi connectivity index (χ0n) is 13.8. The summed E-state index contributed by atoms with van der Waals surface area (Å²) in [6.07, 6.45) is 6.59. The lowest BCUT2D eigenvalue weighted by atomic mass is 10.1. The van der Waals surface area contributed by atoms with Crippen LogP contribution in [0.5, 0.6) is 0 Å². The van der Waals surface area contributed by atoms with Gasteiger partial charge in [0.1, 0.15) is 0 Å². The number of carbonyl (C=O) groups excluding carboxylic acids is 2. The summed E-state index contributed by atoms with van der Waals surface area (Å²) in [6.45, 7) is 1.48. The van der Waals surface area contributed by atoms with E-state index in [-0.39, 0.29) is 11.7 Å². The van der Waals surface area contributed by atoms with E-state index < -0.39 is 0 Å². The van der Waals surface area contributed by atoms with Gasteiger partial charge in [-0.1, -0.05) is 12.1 Å². The lowest BCUT2D eigenvalue weighted by molar-refractivity contribution is -0.116. The van der Waals surface area contributed by atoms with E-state index in [0.29, 0.717) is 16.4 Å². The molecule has 0 saturated heterocycles. The fraction of sp³-hybridized carbons (Fsp3) is 0.111. The first-order valence-corrected chi connectivity index (χ1v) is 8.45. The van der Waals surface area contributed by atoms with Crippen molar-refractivity contribution in [2.45, 2.75) is 6.92 Å². The van der Waals surface area contributed by atoms with Gasteiger partial charge in [-0.05, 0) is 30.4 Å². The number of nitrogens with zero attached hydrogens (tertiary/aromatic N) is 4. The van der Waals surface area contributed by atoms with Crippen molar-refractivity contribution in [1.82, 2.24) is 14.8 Å². The van der Waals surface area contributed by atoms with Crippen molar-refractivity contribution in [2.75, 3.05) is 11.9 Å². The van der Waals surface area contributed by atoms with Crippen molar-refractivity contribution in [3.8, 4) is 5.69 Å². The number of thiazole rings is 1. The van der Waals surface area contributed by atoms with Crippen LogP contribution >= 0.6 is 11.3 Å². The van der Waals surface area contributed by atoms with Crippen LogP contribution in [0, 0.1) is 0 Å². The van der Waals surface area contributed by atoms with Gasteiger partial charge in [0, 0.05) is 37.3 Å². The lowest BCUT2D eigenvalue weighted by Gasteiger charge is -2.09. The number of carbonyl (C=O) groups is 2. The highest BCUT2D eigenvalue weighted by atomic mass is 32.1. The first-order chi connectivity index (χ1) is 12.1. The van der Waals surface area contributed by atoms with Crippen LogP contribution in [0.4, 0.5) is 5.13 Å². The van der Waals surface area contributed by atoms with E-state index >= 15 is 0 Å². The third kappa shape index (κ3) is 3.72.